The van der Waals surface area contributed by atoms with Gasteiger partial charge >= 0.3 is 0 Å². The Hall–Kier alpha value is -2.18. The lowest BCUT2D eigenvalue weighted by molar-refractivity contribution is -0.936. The van der Waals surface area contributed by atoms with Crippen molar-refractivity contribution in [2.45, 2.75) is 45.7 Å². The number of carbonyl (C=O) groups excluding carboxylic acids is 2. The number of rotatable bonds is 6. The fourth-order valence-corrected chi connectivity index (χ4v) is 4.75. The number of fused-ring (bicyclic) bond motifs is 1. The highest BCUT2D eigenvalue weighted by molar-refractivity contribution is 7.17. The standard InChI is InChI=1S/C20H25N3O2S/c1-13(2)23-11-10-15-16(12-23)26-20(18(15)19(21)25)22-17(24)9-8-14-6-4-3-5-7-14/h3-7,13H,8-12H2,1-2H3,(H2,21,25)(H,22,24)/p+1. The Balaban J connectivity index is 1.73. The van der Waals surface area contributed by atoms with Crippen molar-refractivity contribution in [3.8, 4) is 0 Å². The molecule has 1 aliphatic heterocycles. The molecular formula is C20H26N3O2S+. The van der Waals surface area contributed by atoms with Gasteiger partial charge in [0.1, 0.15) is 11.5 Å². The van der Waals surface area contributed by atoms with Crippen LogP contribution >= 0.6 is 11.3 Å². The van der Waals surface area contributed by atoms with Gasteiger partial charge in [0.15, 0.2) is 0 Å². The van der Waals surface area contributed by atoms with Crippen LogP contribution in [0.3, 0.4) is 0 Å². The maximum Gasteiger partial charge on any atom is 0.252 e. The average molecular weight is 373 g/mol. The summed E-state index contributed by atoms with van der Waals surface area (Å²) >= 11 is 1.51. The lowest BCUT2D eigenvalue weighted by Crippen LogP contribution is -3.14. The number of anilines is 1. The third kappa shape index (κ3) is 4.14. The Morgan fingerprint density at radius 2 is 2.00 bits per heavy atom. The molecule has 0 aliphatic carbocycles. The fourth-order valence-electron chi connectivity index (χ4n) is 3.43. The highest BCUT2D eigenvalue weighted by atomic mass is 32.1. The molecule has 3 rings (SSSR count). The molecule has 0 fully saturated rings. The van der Waals surface area contributed by atoms with Crippen molar-refractivity contribution in [2.24, 2.45) is 5.73 Å². The van der Waals surface area contributed by atoms with Gasteiger partial charge in [-0.2, -0.15) is 0 Å². The van der Waals surface area contributed by atoms with Crippen LogP contribution in [0.25, 0.3) is 0 Å². The summed E-state index contributed by atoms with van der Waals surface area (Å²) in [5.74, 6) is -0.531. The van der Waals surface area contributed by atoms with Crippen LogP contribution in [0.2, 0.25) is 0 Å². The molecule has 1 aromatic heterocycles. The number of primary amides is 1. The second-order valence-corrected chi connectivity index (χ2v) is 8.20. The minimum atomic E-state index is -0.450. The summed E-state index contributed by atoms with van der Waals surface area (Å²) in [4.78, 5) is 27.1. The summed E-state index contributed by atoms with van der Waals surface area (Å²) in [5.41, 5.74) is 8.30. The molecule has 4 N–H and O–H groups in total. The zero-order chi connectivity index (χ0) is 18.7. The first-order chi connectivity index (χ1) is 12.5. The zero-order valence-electron chi connectivity index (χ0n) is 15.3. The molecular weight excluding hydrogens is 346 g/mol. The molecule has 6 heteroatoms. The van der Waals surface area contributed by atoms with Crippen molar-refractivity contribution in [3.05, 3.63) is 51.9 Å². The number of nitrogens with two attached hydrogens (primary N) is 1. The van der Waals surface area contributed by atoms with Gasteiger partial charge in [-0.25, -0.2) is 0 Å². The van der Waals surface area contributed by atoms with Gasteiger partial charge in [-0.3, -0.25) is 9.59 Å². The Morgan fingerprint density at radius 1 is 1.27 bits per heavy atom. The van der Waals surface area contributed by atoms with E-state index in [0.29, 0.717) is 29.4 Å². The van der Waals surface area contributed by atoms with E-state index in [2.05, 4.69) is 19.2 Å². The number of thiophene rings is 1. The molecule has 5 nitrogen and oxygen atoms in total. The highest BCUT2D eigenvalue weighted by Gasteiger charge is 2.30. The summed E-state index contributed by atoms with van der Waals surface area (Å²) in [5, 5.41) is 3.55. The minimum absolute atomic E-state index is 0.0805. The molecule has 2 heterocycles. The van der Waals surface area contributed by atoms with Crippen LogP contribution in [0.5, 0.6) is 0 Å². The molecule has 0 bridgehead atoms. The zero-order valence-corrected chi connectivity index (χ0v) is 16.1. The summed E-state index contributed by atoms with van der Waals surface area (Å²) in [6.45, 7) is 6.28. The van der Waals surface area contributed by atoms with Gasteiger partial charge in [0.2, 0.25) is 5.91 Å². The lowest BCUT2D eigenvalue weighted by atomic mass is 10.0. The number of nitrogens with one attached hydrogen (secondary N) is 2. The molecule has 26 heavy (non-hydrogen) atoms. The van der Waals surface area contributed by atoms with E-state index in [0.717, 1.165) is 30.6 Å². The molecule has 0 saturated carbocycles. The van der Waals surface area contributed by atoms with Crippen molar-refractivity contribution >= 4 is 28.2 Å². The largest absolute Gasteiger partial charge is 0.365 e. The third-order valence-corrected chi connectivity index (χ3v) is 6.12. The van der Waals surface area contributed by atoms with Crippen molar-refractivity contribution < 1.29 is 14.5 Å². The van der Waals surface area contributed by atoms with Crippen molar-refractivity contribution in [3.63, 3.8) is 0 Å². The van der Waals surface area contributed by atoms with Crippen LogP contribution in [-0.2, 0) is 24.2 Å². The van der Waals surface area contributed by atoms with E-state index in [1.807, 2.05) is 30.3 Å². The number of carbonyl (C=O) groups is 2. The Kier molecular flexibility index (Phi) is 5.74. The molecule has 2 aromatic rings. The molecule has 1 aliphatic rings. The van der Waals surface area contributed by atoms with Gasteiger partial charge in [-0.15, -0.1) is 11.3 Å². The first-order valence-corrected chi connectivity index (χ1v) is 9.90. The summed E-state index contributed by atoms with van der Waals surface area (Å²) in [7, 11) is 0. The molecule has 2 amide bonds. The normalized spacial score (nSPS) is 16.3. The van der Waals surface area contributed by atoms with Gasteiger partial charge in [-0.05, 0) is 31.4 Å². The first kappa shape index (κ1) is 18.6. The van der Waals surface area contributed by atoms with E-state index >= 15 is 0 Å². The number of hydrogen-bond donors (Lipinski definition) is 3. The predicted octanol–water partition coefficient (Wildman–Crippen LogP) is 1.77. The second-order valence-electron chi connectivity index (χ2n) is 7.10. The third-order valence-electron chi connectivity index (χ3n) is 4.97. The van der Waals surface area contributed by atoms with Crippen LogP contribution in [-0.4, -0.2) is 24.4 Å². The van der Waals surface area contributed by atoms with Crippen molar-refractivity contribution in [1.29, 1.82) is 0 Å². The van der Waals surface area contributed by atoms with E-state index in [1.54, 1.807) is 0 Å². The van der Waals surface area contributed by atoms with Gasteiger partial charge < -0.3 is 16.0 Å². The number of quaternary nitrogens is 1. The fraction of sp³-hybridized carbons (Fsp3) is 0.400. The van der Waals surface area contributed by atoms with Crippen LogP contribution in [0.4, 0.5) is 5.00 Å². The summed E-state index contributed by atoms with van der Waals surface area (Å²) in [6.07, 6.45) is 1.89. The maximum absolute atomic E-state index is 12.4. The quantitative estimate of drug-likeness (QED) is 0.723. The SMILES string of the molecule is CC(C)[NH+]1CCc2c(sc(NC(=O)CCc3ccccc3)c2C(N)=O)C1. The predicted molar refractivity (Wildman–Crippen MR) is 105 cm³/mol. The van der Waals surface area contributed by atoms with Crippen LogP contribution < -0.4 is 16.0 Å². The average Bonchev–Trinajstić information content (AvgIpc) is 2.97. The molecule has 138 valence electrons. The van der Waals surface area contributed by atoms with Gasteiger partial charge in [0.25, 0.3) is 5.91 Å². The molecule has 0 saturated heterocycles. The first-order valence-electron chi connectivity index (χ1n) is 9.08. The Morgan fingerprint density at radius 3 is 2.65 bits per heavy atom. The number of aryl methyl sites for hydroxylation is 1. The van der Waals surface area contributed by atoms with E-state index < -0.39 is 5.91 Å². The summed E-state index contributed by atoms with van der Waals surface area (Å²) in [6, 6.07) is 10.4. The summed E-state index contributed by atoms with van der Waals surface area (Å²) < 4.78 is 0. The molecule has 1 aromatic carbocycles. The van der Waals surface area contributed by atoms with Crippen molar-refractivity contribution in [2.75, 3.05) is 11.9 Å². The van der Waals surface area contributed by atoms with Crippen LogP contribution in [0.1, 0.15) is 46.6 Å². The number of benzene rings is 1. The van der Waals surface area contributed by atoms with E-state index in [4.69, 9.17) is 5.73 Å². The Labute approximate surface area is 158 Å². The van der Waals surface area contributed by atoms with Gasteiger partial charge in [0, 0.05) is 12.8 Å². The molecule has 0 spiro atoms. The van der Waals surface area contributed by atoms with E-state index in [-0.39, 0.29) is 5.91 Å². The molecule has 1 unspecified atom stereocenters. The second kappa shape index (κ2) is 8.01. The van der Waals surface area contributed by atoms with E-state index in [9.17, 15) is 9.59 Å². The highest BCUT2D eigenvalue weighted by Crippen LogP contribution is 2.34. The minimum Gasteiger partial charge on any atom is -0.365 e. The lowest BCUT2D eigenvalue weighted by Gasteiger charge is -2.27. The van der Waals surface area contributed by atoms with Gasteiger partial charge in [0.05, 0.1) is 23.0 Å². The van der Waals surface area contributed by atoms with Crippen molar-refractivity contribution in [1.82, 2.24) is 0 Å². The van der Waals surface area contributed by atoms with Crippen LogP contribution in [0, 0.1) is 0 Å². The van der Waals surface area contributed by atoms with E-state index in [1.165, 1.54) is 21.1 Å². The Bertz CT molecular complexity index is 799. The van der Waals surface area contributed by atoms with Crippen LogP contribution in [0.15, 0.2) is 30.3 Å². The monoisotopic (exact) mass is 372 g/mol. The number of hydrogen-bond acceptors (Lipinski definition) is 3. The topological polar surface area (TPSA) is 76.6 Å². The molecule has 0 radical (unpaired) electrons. The molecule has 1 atom stereocenters. The van der Waals surface area contributed by atoms with Gasteiger partial charge in [-0.1, -0.05) is 30.3 Å². The maximum atomic E-state index is 12.4. The number of amides is 2. The smallest absolute Gasteiger partial charge is 0.252 e.